The molecule has 0 saturated heterocycles. The molecule has 112 valence electrons. The average molecular weight is 293 g/mol. The van der Waals surface area contributed by atoms with Crippen molar-refractivity contribution in [3.8, 4) is 0 Å². The Hall–Kier alpha value is -0.790. The van der Waals surface area contributed by atoms with E-state index in [9.17, 15) is 9.59 Å². The first-order chi connectivity index (χ1) is 8.84. The number of aliphatic carboxylic acids is 1. The van der Waals surface area contributed by atoms with E-state index in [0.29, 0.717) is 12.4 Å². The SMILES string of the molecule is CCCC(C)(CC[OH2+])SC[C@H](N)C(=O)NCC(=O)O. The van der Waals surface area contributed by atoms with Crippen LogP contribution in [-0.4, -0.2) is 51.8 Å². The summed E-state index contributed by atoms with van der Waals surface area (Å²) >= 11 is 1.59. The fraction of sp³-hybridized carbons (Fsp3) is 0.833. The second-order valence-corrected chi connectivity index (χ2v) is 6.34. The van der Waals surface area contributed by atoms with Crippen molar-refractivity contribution in [2.45, 2.75) is 43.9 Å². The molecule has 19 heavy (non-hydrogen) atoms. The summed E-state index contributed by atoms with van der Waals surface area (Å²) in [5.74, 6) is -1.10. The van der Waals surface area contributed by atoms with E-state index in [1.165, 1.54) is 0 Å². The van der Waals surface area contributed by atoms with E-state index in [4.69, 9.17) is 15.9 Å². The third-order valence-electron chi connectivity index (χ3n) is 2.79. The third-order valence-corrected chi connectivity index (χ3v) is 4.43. The highest BCUT2D eigenvalue weighted by molar-refractivity contribution is 8.00. The Morgan fingerprint density at radius 1 is 1.47 bits per heavy atom. The maximum atomic E-state index is 11.5. The van der Waals surface area contributed by atoms with Crippen LogP contribution in [0.5, 0.6) is 0 Å². The van der Waals surface area contributed by atoms with Gasteiger partial charge in [0.1, 0.15) is 13.2 Å². The number of nitrogens with two attached hydrogens (primary N) is 1. The smallest absolute Gasteiger partial charge is 0.322 e. The summed E-state index contributed by atoms with van der Waals surface area (Å²) in [5.41, 5.74) is 5.73. The number of hydrogen-bond acceptors (Lipinski definition) is 4. The van der Waals surface area contributed by atoms with Crippen LogP contribution in [0.15, 0.2) is 0 Å². The minimum atomic E-state index is -1.08. The van der Waals surface area contributed by atoms with Crippen molar-refractivity contribution in [2.24, 2.45) is 5.73 Å². The van der Waals surface area contributed by atoms with Gasteiger partial charge in [-0.25, -0.2) is 0 Å². The minimum Gasteiger partial charge on any atom is -0.480 e. The molecular weight excluding hydrogens is 268 g/mol. The van der Waals surface area contributed by atoms with Gasteiger partial charge in [0, 0.05) is 16.9 Å². The van der Waals surface area contributed by atoms with Crippen LogP contribution in [0.3, 0.4) is 0 Å². The molecule has 0 rings (SSSR count). The van der Waals surface area contributed by atoms with Crippen LogP contribution >= 0.6 is 11.8 Å². The first kappa shape index (κ1) is 18.2. The van der Waals surface area contributed by atoms with Crippen LogP contribution in [0.1, 0.15) is 33.1 Å². The zero-order valence-electron chi connectivity index (χ0n) is 11.6. The molecule has 0 fully saturated rings. The van der Waals surface area contributed by atoms with Gasteiger partial charge >= 0.3 is 5.97 Å². The quantitative estimate of drug-likeness (QED) is 0.487. The zero-order chi connectivity index (χ0) is 14.9. The van der Waals surface area contributed by atoms with Crippen LogP contribution in [0.25, 0.3) is 0 Å². The predicted octanol–water partition coefficient (Wildman–Crippen LogP) is -0.0788. The Balaban J connectivity index is 4.20. The molecule has 0 saturated carbocycles. The number of nitrogens with one attached hydrogen (secondary N) is 1. The normalized spacial score (nSPS) is 15.6. The maximum Gasteiger partial charge on any atom is 0.322 e. The van der Waals surface area contributed by atoms with Gasteiger partial charge in [0.2, 0.25) is 5.91 Å². The van der Waals surface area contributed by atoms with Crippen molar-refractivity contribution in [3.05, 3.63) is 0 Å². The summed E-state index contributed by atoms with van der Waals surface area (Å²) < 4.78 is -0.0405. The summed E-state index contributed by atoms with van der Waals surface area (Å²) in [6.07, 6.45) is 2.75. The molecule has 0 aromatic carbocycles. The molecule has 6 nitrogen and oxygen atoms in total. The Kier molecular flexibility index (Phi) is 8.79. The van der Waals surface area contributed by atoms with Gasteiger partial charge in [-0.2, -0.15) is 11.8 Å². The molecule has 0 heterocycles. The van der Waals surface area contributed by atoms with E-state index in [2.05, 4.69) is 19.2 Å². The molecule has 1 unspecified atom stereocenters. The third kappa shape index (κ3) is 8.07. The van der Waals surface area contributed by atoms with Crippen LogP contribution in [0, 0.1) is 0 Å². The Labute approximate surface area is 118 Å². The zero-order valence-corrected chi connectivity index (χ0v) is 12.4. The highest BCUT2D eigenvalue weighted by Gasteiger charge is 2.26. The largest absolute Gasteiger partial charge is 0.480 e. The summed E-state index contributed by atoms with van der Waals surface area (Å²) in [6.45, 7) is 4.11. The van der Waals surface area contributed by atoms with E-state index < -0.39 is 24.5 Å². The number of carboxylic acid groups (broad SMARTS) is 1. The van der Waals surface area contributed by atoms with Gasteiger partial charge in [0.15, 0.2) is 0 Å². The van der Waals surface area contributed by atoms with Crippen molar-refractivity contribution in [1.82, 2.24) is 5.32 Å². The maximum absolute atomic E-state index is 11.5. The first-order valence-electron chi connectivity index (χ1n) is 6.38. The molecule has 0 radical (unpaired) electrons. The summed E-state index contributed by atoms with van der Waals surface area (Å²) in [7, 11) is 0. The summed E-state index contributed by atoms with van der Waals surface area (Å²) in [6, 6.07) is -0.716. The van der Waals surface area contributed by atoms with Crippen LogP contribution in [-0.2, 0) is 9.59 Å². The second-order valence-electron chi connectivity index (χ2n) is 4.73. The van der Waals surface area contributed by atoms with Crippen molar-refractivity contribution < 1.29 is 19.8 Å². The van der Waals surface area contributed by atoms with E-state index in [1.54, 1.807) is 11.8 Å². The van der Waals surface area contributed by atoms with Gasteiger partial charge in [-0.05, 0) is 6.42 Å². The topological polar surface area (TPSA) is 115 Å². The predicted molar refractivity (Wildman–Crippen MR) is 77.5 cm³/mol. The average Bonchev–Trinajstić information content (AvgIpc) is 2.33. The van der Waals surface area contributed by atoms with Gasteiger partial charge in [0.05, 0.1) is 6.04 Å². The fourth-order valence-corrected chi connectivity index (χ4v) is 3.05. The molecule has 0 aliphatic rings. The van der Waals surface area contributed by atoms with Gasteiger partial charge in [-0.1, -0.05) is 20.3 Å². The molecule has 0 aromatic rings. The van der Waals surface area contributed by atoms with Crippen molar-refractivity contribution in [2.75, 3.05) is 18.9 Å². The molecule has 1 amide bonds. The monoisotopic (exact) mass is 293 g/mol. The summed E-state index contributed by atoms with van der Waals surface area (Å²) in [5, 5.41) is 18.1. The Bertz CT molecular complexity index is 293. The van der Waals surface area contributed by atoms with Gasteiger partial charge in [0.25, 0.3) is 0 Å². The number of thioether (sulfide) groups is 1. The molecule has 0 aliphatic heterocycles. The molecule has 0 aromatic heterocycles. The van der Waals surface area contributed by atoms with Crippen LogP contribution < -0.4 is 11.1 Å². The number of carbonyl (C=O) groups excluding carboxylic acids is 1. The van der Waals surface area contributed by atoms with Crippen molar-refractivity contribution in [1.29, 1.82) is 0 Å². The highest BCUT2D eigenvalue weighted by atomic mass is 32.2. The number of rotatable bonds is 10. The van der Waals surface area contributed by atoms with E-state index >= 15 is 0 Å². The van der Waals surface area contributed by atoms with Gasteiger partial charge < -0.3 is 21.3 Å². The number of carbonyl (C=O) groups is 2. The van der Waals surface area contributed by atoms with E-state index in [1.807, 2.05) is 0 Å². The molecule has 0 bridgehead atoms. The van der Waals surface area contributed by atoms with Gasteiger partial charge in [-0.15, -0.1) is 0 Å². The molecule has 0 spiro atoms. The first-order valence-corrected chi connectivity index (χ1v) is 7.37. The minimum absolute atomic E-state index is 0.0405. The lowest BCUT2D eigenvalue weighted by Gasteiger charge is -2.28. The lowest BCUT2D eigenvalue weighted by molar-refractivity contribution is -0.138. The summed E-state index contributed by atoms with van der Waals surface area (Å²) in [4.78, 5) is 21.9. The van der Waals surface area contributed by atoms with Gasteiger partial charge in [-0.3, -0.25) is 9.59 Å². The van der Waals surface area contributed by atoms with Crippen LogP contribution in [0.2, 0.25) is 0 Å². The molecule has 7 heteroatoms. The number of amides is 1. The molecule has 0 aliphatic carbocycles. The Morgan fingerprint density at radius 2 is 2.11 bits per heavy atom. The van der Waals surface area contributed by atoms with E-state index in [0.717, 1.165) is 19.3 Å². The van der Waals surface area contributed by atoms with Crippen LogP contribution in [0.4, 0.5) is 0 Å². The Morgan fingerprint density at radius 3 is 2.58 bits per heavy atom. The number of carboxylic acids is 1. The second kappa shape index (κ2) is 9.17. The highest BCUT2D eigenvalue weighted by Crippen LogP contribution is 2.33. The standard InChI is InChI=1S/C12H24N2O4S/c1-3-4-12(2,5-6-15)19-8-9(13)11(18)14-7-10(16)17/h9,15H,3-8,13H2,1-2H3,(H,14,18)(H,16,17)/p+1/t9-,12?/m0/s1. The van der Waals surface area contributed by atoms with E-state index in [-0.39, 0.29) is 4.75 Å². The number of hydrogen-bond donors (Lipinski definition) is 3. The van der Waals surface area contributed by atoms with Crippen molar-refractivity contribution in [3.63, 3.8) is 0 Å². The van der Waals surface area contributed by atoms with Crippen molar-refractivity contribution >= 4 is 23.6 Å². The molecule has 6 N–H and O–H groups in total. The fourth-order valence-electron chi connectivity index (χ4n) is 1.72. The molecule has 2 atom stereocenters. The lowest BCUT2D eigenvalue weighted by Crippen LogP contribution is -2.44. The molecular formula is C12H25N2O4S+. The lowest BCUT2D eigenvalue weighted by atomic mass is 10.0.